The SMILES string of the molecule is CCn1ncc(OC)c1C(NN)c1ncccc1Cl. The van der Waals surface area contributed by atoms with Crippen molar-refractivity contribution in [2.75, 3.05) is 7.11 Å². The van der Waals surface area contributed by atoms with Gasteiger partial charge in [0.25, 0.3) is 0 Å². The zero-order valence-electron chi connectivity index (χ0n) is 10.8. The van der Waals surface area contributed by atoms with Crippen molar-refractivity contribution in [3.8, 4) is 5.75 Å². The molecule has 0 aromatic carbocycles. The molecule has 19 heavy (non-hydrogen) atoms. The van der Waals surface area contributed by atoms with Crippen LogP contribution in [0.2, 0.25) is 5.02 Å². The van der Waals surface area contributed by atoms with Gasteiger partial charge in [-0.2, -0.15) is 5.10 Å². The van der Waals surface area contributed by atoms with E-state index in [0.717, 1.165) is 5.69 Å². The van der Waals surface area contributed by atoms with Crippen LogP contribution < -0.4 is 16.0 Å². The highest BCUT2D eigenvalue weighted by molar-refractivity contribution is 6.31. The van der Waals surface area contributed by atoms with Gasteiger partial charge in [-0.3, -0.25) is 15.5 Å². The fourth-order valence-corrected chi connectivity index (χ4v) is 2.21. The Labute approximate surface area is 116 Å². The molecular weight excluding hydrogens is 266 g/mol. The quantitative estimate of drug-likeness (QED) is 0.642. The van der Waals surface area contributed by atoms with Crippen molar-refractivity contribution in [1.29, 1.82) is 0 Å². The van der Waals surface area contributed by atoms with Gasteiger partial charge in [-0.05, 0) is 19.1 Å². The maximum Gasteiger partial charge on any atom is 0.162 e. The highest BCUT2D eigenvalue weighted by Crippen LogP contribution is 2.31. The van der Waals surface area contributed by atoms with E-state index in [1.165, 1.54) is 0 Å². The number of aryl methyl sites for hydroxylation is 1. The van der Waals surface area contributed by atoms with Gasteiger partial charge in [0.2, 0.25) is 0 Å². The van der Waals surface area contributed by atoms with E-state index < -0.39 is 0 Å². The summed E-state index contributed by atoms with van der Waals surface area (Å²) in [6.45, 7) is 2.69. The number of nitrogens with two attached hydrogens (primary N) is 1. The zero-order valence-corrected chi connectivity index (χ0v) is 11.6. The molecule has 0 saturated carbocycles. The van der Waals surface area contributed by atoms with Crippen LogP contribution in [0, 0.1) is 0 Å². The van der Waals surface area contributed by atoms with Crippen molar-refractivity contribution in [2.45, 2.75) is 19.5 Å². The van der Waals surface area contributed by atoms with Crippen LogP contribution >= 0.6 is 11.6 Å². The summed E-state index contributed by atoms with van der Waals surface area (Å²) in [5.74, 6) is 6.31. The van der Waals surface area contributed by atoms with Gasteiger partial charge in [0.15, 0.2) is 5.75 Å². The van der Waals surface area contributed by atoms with E-state index in [1.807, 2.05) is 6.92 Å². The molecule has 1 unspecified atom stereocenters. The lowest BCUT2D eigenvalue weighted by atomic mass is 10.1. The Morgan fingerprint density at radius 3 is 2.95 bits per heavy atom. The minimum Gasteiger partial charge on any atom is -0.493 e. The molecule has 0 spiro atoms. The molecule has 2 aromatic rings. The zero-order chi connectivity index (χ0) is 13.8. The minimum absolute atomic E-state index is 0.383. The molecule has 2 rings (SSSR count). The summed E-state index contributed by atoms with van der Waals surface area (Å²) in [4.78, 5) is 4.29. The Morgan fingerprint density at radius 1 is 1.58 bits per heavy atom. The van der Waals surface area contributed by atoms with Crippen LogP contribution in [0.25, 0.3) is 0 Å². The first-order valence-electron chi connectivity index (χ1n) is 5.89. The lowest BCUT2D eigenvalue weighted by molar-refractivity contribution is 0.398. The second-order valence-corrected chi connectivity index (χ2v) is 4.29. The van der Waals surface area contributed by atoms with Crippen LogP contribution in [0.15, 0.2) is 24.5 Å². The monoisotopic (exact) mass is 281 g/mol. The number of ether oxygens (including phenoxy) is 1. The number of rotatable bonds is 5. The van der Waals surface area contributed by atoms with E-state index in [1.54, 1.807) is 36.3 Å². The number of aromatic nitrogens is 3. The van der Waals surface area contributed by atoms with Gasteiger partial charge in [0.05, 0.1) is 24.0 Å². The van der Waals surface area contributed by atoms with Gasteiger partial charge in [-0.25, -0.2) is 5.43 Å². The molecule has 2 aromatic heterocycles. The number of hydrogen-bond donors (Lipinski definition) is 2. The molecule has 0 amide bonds. The fourth-order valence-electron chi connectivity index (χ4n) is 1.98. The predicted molar refractivity (Wildman–Crippen MR) is 72.9 cm³/mol. The van der Waals surface area contributed by atoms with Crippen molar-refractivity contribution in [3.05, 3.63) is 40.9 Å². The van der Waals surface area contributed by atoms with Crippen LogP contribution in [-0.2, 0) is 6.54 Å². The smallest absolute Gasteiger partial charge is 0.162 e. The standard InChI is InChI=1S/C12H16ClN5O/c1-3-18-12(9(19-2)7-16-18)11(17-14)10-8(13)5-4-6-15-10/h4-7,11,17H,3,14H2,1-2H3. The number of nitrogens with zero attached hydrogens (tertiary/aromatic N) is 3. The van der Waals surface area contributed by atoms with Gasteiger partial charge in [-0.15, -0.1) is 0 Å². The second-order valence-electron chi connectivity index (χ2n) is 3.88. The lowest BCUT2D eigenvalue weighted by Crippen LogP contribution is -2.31. The summed E-state index contributed by atoms with van der Waals surface area (Å²) in [5, 5.41) is 4.79. The molecular formula is C12H16ClN5O. The van der Waals surface area contributed by atoms with E-state index in [0.29, 0.717) is 23.0 Å². The molecule has 0 aliphatic heterocycles. The Hall–Kier alpha value is -1.63. The number of hydrazine groups is 1. The topological polar surface area (TPSA) is 78.0 Å². The van der Waals surface area contributed by atoms with Crippen molar-refractivity contribution < 1.29 is 4.74 Å². The van der Waals surface area contributed by atoms with Gasteiger partial charge < -0.3 is 4.74 Å². The average Bonchev–Trinajstić information content (AvgIpc) is 2.85. The summed E-state index contributed by atoms with van der Waals surface area (Å²) in [7, 11) is 1.59. The van der Waals surface area contributed by atoms with Crippen LogP contribution in [0.5, 0.6) is 5.75 Å². The molecule has 0 bridgehead atoms. The Bertz CT molecular complexity index is 535. The second kappa shape index (κ2) is 6.01. The third-order valence-electron chi connectivity index (χ3n) is 2.86. The van der Waals surface area contributed by atoms with Crippen molar-refractivity contribution in [2.24, 2.45) is 5.84 Å². The van der Waals surface area contributed by atoms with Gasteiger partial charge in [0.1, 0.15) is 11.7 Å². The first-order chi connectivity index (χ1) is 9.22. The van der Waals surface area contributed by atoms with E-state index in [2.05, 4.69) is 15.5 Å². The van der Waals surface area contributed by atoms with E-state index in [9.17, 15) is 0 Å². The van der Waals surface area contributed by atoms with Crippen LogP contribution in [0.4, 0.5) is 0 Å². The molecule has 0 fully saturated rings. The summed E-state index contributed by atoms with van der Waals surface area (Å²) in [5.41, 5.74) is 4.16. The molecule has 2 heterocycles. The summed E-state index contributed by atoms with van der Waals surface area (Å²) >= 11 is 6.18. The Morgan fingerprint density at radius 2 is 2.37 bits per heavy atom. The highest BCUT2D eigenvalue weighted by atomic mass is 35.5. The van der Waals surface area contributed by atoms with Crippen molar-refractivity contribution >= 4 is 11.6 Å². The molecule has 0 radical (unpaired) electrons. The maximum atomic E-state index is 6.18. The fraction of sp³-hybridized carbons (Fsp3) is 0.333. The van der Waals surface area contributed by atoms with Crippen molar-refractivity contribution in [3.63, 3.8) is 0 Å². The molecule has 0 aliphatic carbocycles. The van der Waals surface area contributed by atoms with E-state index >= 15 is 0 Å². The van der Waals surface area contributed by atoms with Crippen LogP contribution in [-0.4, -0.2) is 21.9 Å². The molecule has 102 valence electrons. The summed E-state index contributed by atoms with van der Waals surface area (Å²) in [6, 6.07) is 3.16. The van der Waals surface area contributed by atoms with E-state index in [4.69, 9.17) is 22.2 Å². The molecule has 0 saturated heterocycles. The lowest BCUT2D eigenvalue weighted by Gasteiger charge is -2.19. The largest absolute Gasteiger partial charge is 0.493 e. The number of halogens is 1. The first kappa shape index (κ1) is 13.8. The number of methoxy groups -OCH3 is 1. The molecule has 0 aliphatic rings. The summed E-state index contributed by atoms with van der Waals surface area (Å²) < 4.78 is 7.12. The van der Waals surface area contributed by atoms with Crippen LogP contribution in [0.3, 0.4) is 0 Å². The number of hydrogen-bond acceptors (Lipinski definition) is 5. The van der Waals surface area contributed by atoms with E-state index in [-0.39, 0.29) is 6.04 Å². The normalized spacial score (nSPS) is 12.4. The van der Waals surface area contributed by atoms with Gasteiger partial charge >= 0.3 is 0 Å². The number of pyridine rings is 1. The Balaban J connectivity index is 2.54. The predicted octanol–water partition coefficient (Wildman–Crippen LogP) is 1.51. The van der Waals surface area contributed by atoms with Crippen LogP contribution in [0.1, 0.15) is 24.4 Å². The third-order valence-corrected chi connectivity index (χ3v) is 3.18. The maximum absolute atomic E-state index is 6.18. The third kappa shape index (κ3) is 2.56. The molecule has 1 atom stereocenters. The molecule has 3 N–H and O–H groups in total. The number of nitrogens with one attached hydrogen (secondary N) is 1. The average molecular weight is 282 g/mol. The van der Waals surface area contributed by atoms with Crippen molar-refractivity contribution in [1.82, 2.24) is 20.2 Å². The Kier molecular flexibility index (Phi) is 4.36. The highest BCUT2D eigenvalue weighted by Gasteiger charge is 2.25. The van der Waals surface area contributed by atoms with Gasteiger partial charge in [-0.1, -0.05) is 11.6 Å². The summed E-state index contributed by atoms with van der Waals surface area (Å²) in [6.07, 6.45) is 3.32. The molecule has 7 heteroatoms. The first-order valence-corrected chi connectivity index (χ1v) is 6.26. The van der Waals surface area contributed by atoms with Gasteiger partial charge in [0, 0.05) is 12.7 Å². The minimum atomic E-state index is -0.383. The molecule has 6 nitrogen and oxygen atoms in total.